The van der Waals surface area contributed by atoms with Crippen molar-refractivity contribution >= 4 is 23.7 Å². The second kappa shape index (κ2) is 10.7. The molecule has 0 aliphatic carbocycles. The van der Waals surface area contributed by atoms with Crippen LogP contribution in [0.1, 0.15) is 18.5 Å². The lowest BCUT2D eigenvalue weighted by Gasteiger charge is -2.20. The van der Waals surface area contributed by atoms with Gasteiger partial charge in [-0.25, -0.2) is 4.98 Å². The number of guanidine groups is 1. The predicted molar refractivity (Wildman–Crippen MR) is 92.8 cm³/mol. The molecule has 2 amide bonds. The monoisotopic (exact) mass is 368 g/mol. The molecule has 1 heterocycles. The van der Waals surface area contributed by atoms with Crippen molar-refractivity contribution in [3.63, 3.8) is 0 Å². The summed E-state index contributed by atoms with van der Waals surface area (Å²) in [7, 11) is 0. The topological polar surface area (TPSA) is 215 Å². The van der Waals surface area contributed by atoms with E-state index in [0.717, 1.165) is 0 Å². The highest BCUT2D eigenvalue weighted by atomic mass is 16.4. The van der Waals surface area contributed by atoms with Crippen molar-refractivity contribution in [1.82, 2.24) is 20.6 Å². The first-order valence-electron chi connectivity index (χ1n) is 7.87. The van der Waals surface area contributed by atoms with E-state index in [1.807, 2.05) is 0 Å². The van der Waals surface area contributed by atoms with Gasteiger partial charge in [-0.15, -0.1) is 0 Å². The normalized spacial score (nSPS) is 12.7. The number of nitrogens with zero attached hydrogens (tertiary/aromatic N) is 2. The number of amides is 2. The van der Waals surface area contributed by atoms with Crippen LogP contribution < -0.4 is 27.8 Å². The standard InChI is InChI=1S/C14H24N8O4/c15-9(4-8-5-18-7-21-8)12(25)22-10(2-1-3-19-14(16)17)13(26)20-6-11(23)24/h5,7,9-10H,1-4,6,15H2,(H,18,21)(H,20,26)(H,22,25)(H,23,24)(H4,16,17,19). The Morgan fingerprint density at radius 2 is 2.04 bits per heavy atom. The van der Waals surface area contributed by atoms with Gasteiger partial charge in [-0.2, -0.15) is 0 Å². The molecule has 12 nitrogen and oxygen atoms in total. The van der Waals surface area contributed by atoms with Gasteiger partial charge >= 0.3 is 5.97 Å². The fourth-order valence-electron chi connectivity index (χ4n) is 2.06. The molecule has 144 valence electrons. The first-order chi connectivity index (χ1) is 12.3. The van der Waals surface area contributed by atoms with Gasteiger partial charge in [-0.05, 0) is 12.8 Å². The minimum Gasteiger partial charge on any atom is -0.480 e. The number of nitrogens with two attached hydrogens (primary N) is 3. The lowest BCUT2D eigenvalue weighted by atomic mass is 10.1. The molecule has 1 aromatic heterocycles. The number of hydrogen-bond donors (Lipinski definition) is 7. The van der Waals surface area contributed by atoms with Crippen LogP contribution in [-0.4, -0.2) is 64.0 Å². The zero-order chi connectivity index (χ0) is 19.5. The minimum atomic E-state index is -1.19. The summed E-state index contributed by atoms with van der Waals surface area (Å²) in [6.45, 7) is -0.291. The number of imidazole rings is 1. The van der Waals surface area contributed by atoms with Crippen LogP contribution in [-0.2, 0) is 20.8 Å². The third-order valence-corrected chi connectivity index (χ3v) is 3.32. The van der Waals surface area contributed by atoms with Crippen molar-refractivity contribution in [2.45, 2.75) is 31.3 Å². The Bertz CT molecular complexity index is 627. The number of carboxylic acids is 1. The molecule has 1 aromatic rings. The van der Waals surface area contributed by atoms with Crippen molar-refractivity contribution in [2.75, 3.05) is 13.1 Å². The fourth-order valence-corrected chi connectivity index (χ4v) is 2.06. The Morgan fingerprint density at radius 3 is 2.62 bits per heavy atom. The van der Waals surface area contributed by atoms with E-state index in [1.54, 1.807) is 6.20 Å². The average Bonchev–Trinajstić information content (AvgIpc) is 3.07. The molecular formula is C14H24N8O4. The zero-order valence-corrected chi connectivity index (χ0v) is 14.1. The van der Waals surface area contributed by atoms with Gasteiger partial charge in [-0.1, -0.05) is 0 Å². The molecule has 0 aliphatic rings. The number of carbonyl (C=O) groups excluding carboxylic acids is 2. The molecule has 2 atom stereocenters. The second-order valence-corrected chi connectivity index (χ2v) is 5.51. The molecule has 0 bridgehead atoms. The third kappa shape index (κ3) is 8.10. The van der Waals surface area contributed by atoms with Crippen LogP contribution in [0.2, 0.25) is 0 Å². The predicted octanol–water partition coefficient (Wildman–Crippen LogP) is -2.98. The second-order valence-electron chi connectivity index (χ2n) is 5.51. The number of hydrogen-bond acceptors (Lipinski definition) is 6. The fraction of sp³-hybridized carbons (Fsp3) is 0.500. The summed E-state index contributed by atoms with van der Waals surface area (Å²) in [4.78, 5) is 45.4. The number of carboxylic acid groups (broad SMARTS) is 1. The Hall–Kier alpha value is -3.15. The van der Waals surface area contributed by atoms with Gasteiger partial charge in [0.1, 0.15) is 12.6 Å². The third-order valence-electron chi connectivity index (χ3n) is 3.32. The van der Waals surface area contributed by atoms with E-state index < -0.39 is 36.4 Å². The average molecular weight is 368 g/mol. The van der Waals surface area contributed by atoms with Gasteiger partial charge in [0.05, 0.1) is 12.4 Å². The number of aliphatic imine (C=N–C) groups is 1. The molecule has 0 saturated heterocycles. The maximum atomic E-state index is 12.2. The lowest BCUT2D eigenvalue weighted by Crippen LogP contribution is -2.52. The summed E-state index contributed by atoms with van der Waals surface area (Å²) in [6, 6.07) is -1.85. The van der Waals surface area contributed by atoms with Crippen LogP contribution in [0.5, 0.6) is 0 Å². The maximum absolute atomic E-state index is 12.2. The number of H-pyrrole nitrogens is 1. The first kappa shape index (κ1) is 20.9. The van der Waals surface area contributed by atoms with Gasteiger partial charge in [0.25, 0.3) is 0 Å². The number of carbonyl (C=O) groups is 3. The molecule has 0 saturated carbocycles. The molecule has 26 heavy (non-hydrogen) atoms. The molecule has 0 aromatic carbocycles. The van der Waals surface area contributed by atoms with Crippen LogP contribution in [0.3, 0.4) is 0 Å². The molecule has 0 radical (unpaired) electrons. The van der Waals surface area contributed by atoms with Gasteiger partial charge in [0.15, 0.2) is 5.96 Å². The van der Waals surface area contributed by atoms with Gasteiger partial charge in [-0.3, -0.25) is 19.4 Å². The number of aromatic amines is 1. The first-order valence-corrected chi connectivity index (χ1v) is 7.87. The van der Waals surface area contributed by atoms with Crippen LogP contribution >= 0.6 is 0 Å². The molecule has 2 unspecified atom stereocenters. The lowest BCUT2D eigenvalue weighted by molar-refractivity contribution is -0.138. The van der Waals surface area contributed by atoms with Gasteiger partial charge in [0, 0.05) is 24.9 Å². The van der Waals surface area contributed by atoms with Crippen LogP contribution in [0.15, 0.2) is 17.5 Å². The molecule has 0 spiro atoms. The Kier molecular flexibility index (Phi) is 8.57. The zero-order valence-electron chi connectivity index (χ0n) is 14.1. The molecule has 1 rings (SSSR count). The Morgan fingerprint density at radius 1 is 1.31 bits per heavy atom. The molecule has 0 fully saturated rings. The van der Waals surface area contributed by atoms with Crippen molar-refractivity contribution in [3.8, 4) is 0 Å². The molecule has 0 aliphatic heterocycles. The molecule has 12 heteroatoms. The van der Waals surface area contributed by atoms with E-state index in [1.165, 1.54) is 6.33 Å². The Balaban J connectivity index is 2.62. The van der Waals surface area contributed by atoms with Crippen molar-refractivity contribution < 1.29 is 19.5 Å². The van der Waals surface area contributed by atoms with E-state index in [4.69, 9.17) is 22.3 Å². The Labute approximate surface area is 149 Å². The van der Waals surface area contributed by atoms with Crippen LogP contribution in [0.25, 0.3) is 0 Å². The van der Waals surface area contributed by atoms with Gasteiger partial charge < -0.3 is 37.9 Å². The highest BCUT2D eigenvalue weighted by Crippen LogP contribution is 2.02. The van der Waals surface area contributed by atoms with E-state index in [9.17, 15) is 14.4 Å². The number of aromatic nitrogens is 2. The quantitative estimate of drug-likeness (QED) is 0.121. The SMILES string of the molecule is NC(N)=NCCCC(NC(=O)C(N)Cc1cnc[nH]1)C(=O)NCC(=O)O. The maximum Gasteiger partial charge on any atom is 0.322 e. The van der Waals surface area contributed by atoms with E-state index >= 15 is 0 Å². The number of nitrogens with one attached hydrogen (secondary N) is 3. The minimum absolute atomic E-state index is 0.0810. The highest BCUT2D eigenvalue weighted by Gasteiger charge is 2.24. The van der Waals surface area contributed by atoms with Crippen molar-refractivity contribution in [3.05, 3.63) is 18.2 Å². The number of aliphatic carboxylic acids is 1. The molecular weight excluding hydrogens is 344 g/mol. The highest BCUT2D eigenvalue weighted by molar-refractivity contribution is 5.91. The summed E-state index contributed by atoms with van der Waals surface area (Å²) in [5.41, 5.74) is 17.0. The van der Waals surface area contributed by atoms with Crippen LogP contribution in [0, 0.1) is 0 Å². The summed E-state index contributed by atoms with van der Waals surface area (Å²) in [5, 5.41) is 13.4. The van der Waals surface area contributed by atoms with E-state index in [-0.39, 0.29) is 25.3 Å². The van der Waals surface area contributed by atoms with Gasteiger partial charge in [0.2, 0.25) is 11.8 Å². The summed E-state index contributed by atoms with van der Waals surface area (Å²) in [5.74, 6) is -2.45. The summed E-state index contributed by atoms with van der Waals surface area (Å²) >= 11 is 0. The number of rotatable bonds is 11. The van der Waals surface area contributed by atoms with Crippen molar-refractivity contribution in [1.29, 1.82) is 0 Å². The van der Waals surface area contributed by atoms with Crippen molar-refractivity contribution in [2.24, 2.45) is 22.2 Å². The van der Waals surface area contributed by atoms with E-state index in [2.05, 4.69) is 25.6 Å². The summed E-state index contributed by atoms with van der Waals surface area (Å²) in [6.07, 6.45) is 3.83. The largest absolute Gasteiger partial charge is 0.480 e. The summed E-state index contributed by atoms with van der Waals surface area (Å²) < 4.78 is 0. The van der Waals surface area contributed by atoms with Crippen LogP contribution in [0.4, 0.5) is 0 Å². The molecule has 10 N–H and O–H groups in total. The van der Waals surface area contributed by atoms with E-state index in [0.29, 0.717) is 12.1 Å². The smallest absolute Gasteiger partial charge is 0.322 e.